The van der Waals surface area contributed by atoms with Crippen LogP contribution < -0.4 is 4.90 Å². The number of carboxylic acid groups (broad SMARTS) is 1. The highest BCUT2D eigenvalue weighted by Crippen LogP contribution is 2.25. The molecule has 0 saturated heterocycles. The number of hydrogen-bond donors (Lipinski definition) is 1. The van der Waals surface area contributed by atoms with Crippen molar-refractivity contribution < 1.29 is 9.90 Å². The van der Waals surface area contributed by atoms with E-state index in [1.165, 1.54) is 0 Å². The normalized spacial score (nSPS) is 17.0. The predicted octanol–water partition coefficient (Wildman–Crippen LogP) is 1.31. The van der Waals surface area contributed by atoms with Gasteiger partial charge in [0, 0.05) is 12.7 Å². The van der Waals surface area contributed by atoms with Gasteiger partial charge in [0.1, 0.15) is 11.9 Å². The van der Waals surface area contributed by atoms with Crippen molar-refractivity contribution in [2.45, 2.75) is 25.8 Å². The van der Waals surface area contributed by atoms with Gasteiger partial charge >= 0.3 is 5.97 Å². The summed E-state index contributed by atoms with van der Waals surface area (Å²) >= 11 is 0. The first-order valence-electron chi connectivity index (χ1n) is 5.13. The number of pyridine rings is 1. The number of carbonyl (C=O) groups is 1. The maximum absolute atomic E-state index is 10.9. The van der Waals surface area contributed by atoms with Crippen molar-refractivity contribution in [2.24, 2.45) is 0 Å². The molecule has 2 heterocycles. The van der Waals surface area contributed by atoms with Crippen LogP contribution in [0.2, 0.25) is 0 Å². The van der Waals surface area contributed by atoms with Crippen molar-refractivity contribution in [1.29, 1.82) is 0 Å². The van der Waals surface area contributed by atoms with Crippen molar-refractivity contribution in [1.82, 2.24) is 4.98 Å². The van der Waals surface area contributed by atoms with Gasteiger partial charge in [-0.3, -0.25) is 0 Å². The van der Waals surface area contributed by atoms with Gasteiger partial charge in [-0.2, -0.15) is 0 Å². The topological polar surface area (TPSA) is 53.4 Å². The number of nitrogens with zero attached hydrogens (tertiary/aromatic N) is 2. The molecule has 1 unspecified atom stereocenters. The Balaban J connectivity index is 2.33. The summed E-state index contributed by atoms with van der Waals surface area (Å²) in [6, 6.07) is 3.41. The number of carboxylic acids is 1. The maximum atomic E-state index is 10.9. The highest BCUT2D eigenvalue weighted by molar-refractivity contribution is 5.77. The van der Waals surface area contributed by atoms with Gasteiger partial charge in [0.25, 0.3) is 0 Å². The Morgan fingerprint density at radius 1 is 1.67 bits per heavy atom. The molecule has 0 aliphatic carbocycles. The van der Waals surface area contributed by atoms with E-state index < -0.39 is 12.0 Å². The zero-order chi connectivity index (χ0) is 10.8. The average Bonchev–Trinajstić information content (AvgIpc) is 2.27. The van der Waals surface area contributed by atoms with Crippen LogP contribution in [0, 0.1) is 0 Å². The highest BCUT2D eigenvalue weighted by atomic mass is 16.4. The second-order valence-corrected chi connectivity index (χ2v) is 3.80. The number of fused-ring (bicyclic) bond motifs is 1. The van der Waals surface area contributed by atoms with E-state index in [0.717, 1.165) is 30.8 Å². The van der Waals surface area contributed by atoms with Crippen LogP contribution in [0.15, 0.2) is 18.3 Å². The molecule has 2 rings (SSSR count). The van der Waals surface area contributed by atoms with Gasteiger partial charge in [0.15, 0.2) is 0 Å². The average molecular weight is 206 g/mol. The summed E-state index contributed by atoms with van der Waals surface area (Å²) in [5.74, 6) is 0.0344. The Hall–Kier alpha value is -1.58. The summed E-state index contributed by atoms with van der Waals surface area (Å²) < 4.78 is 0. The molecule has 15 heavy (non-hydrogen) atoms. The monoisotopic (exact) mass is 206 g/mol. The van der Waals surface area contributed by atoms with E-state index in [2.05, 4.69) is 4.98 Å². The summed E-state index contributed by atoms with van der Waals surface area (Å²) in [6.07, 6.45) is 3.70. The van der Waals surface area contributed by atoms with E-state index in [9.17, 15) is 4.79 Å². The van der Waals surface area contributed by atoms with Crippen molar-refractivity contribution >= 4 is 11.8 Å². The van der Waals surface area contributed by atoms with Gasteiger partial charge in [-0.1, -0.05) is 6.07 Å². The van der Waals surface area contributed by atoms with Crippen molar-refractivity contribution in [2.75, 3.05) is 11.4 Å². The van der Waals surface area contributed by atoms with Crippen LogP contribution in [-0.4, -0.2) is 28.6 Å². The Kier molecular flexibility index (Phi) is 2.58. The fourth-order valence-electron chi connectivity index (χ4n) is 1.94. The molecule has 1 aliphatic rings. The molecule has 0 bridgehead atoms. The Bertz CT molecular complexity index is 379. The minimum Gasteiger partial charge on any atom is -0.480 e. The zero-order valence-corrected chi connectivity index (χ0v) is 8.68. The van der Waals surface area contributed by atoms with Gasteiger partial charge < -0.3 is 10.0 Å². The summed E-state index contributed by atoms with van der Waals surface area (Å²) in [4.78, 5) is 17.1. The molecule has 1 aliphatic heterocycles. The van der Waals surface area contributed by atoms with Gasteiger partial charge in [-0.15, -0.1) is 0 Å². The third-order valence-corrected chi connectivity index (χ3v) is 2.81. The van der Waals surface area contributed by atoms with Gasteiger partial charge in [-0.05, 0) is 31.4 Å². The third-order valence-electron chi connectivity index (χ3n) is 2.81. The Morgan fingerprint density at radius 2 is 2.47 bits per heavy atom. The molecule has 0 aromatic carbocycles. The summed E-state index contributed by atoms with van der Waals surface area (Å²) in [5, 5.41) is 8.99. The standard InChI is InChI=1S/C11H14N2O2/c1-8(11(14)15)13-7-3-5-9-4-2-6-12-10(9)13/h2,4,6,8H,3,5,7H2,1H3,(H,14,15). The molecule has 0 saturated carbocycles. The molecule has 1 aromatic heterocycles. The van der Waals surface area contributed by atoms with Crippen LogP contribution in [0.5, 0.6) is 0 Å². The van der Waals surface area contributed by atoms with E-state index >= 15 is 0 Å². The van der Waals surface area contributed by atoms with Crippen LogP contribution >= 0.6 is 0 Å². The van der Waals surface area contributed by atoms with Crippen molar-refractivity contribution in [3.05, 3.63) is 23.9 Å². The zero-order valence-electron chi connectivity index (χ0n) is 8.68. The molecule has 1 atom stereocenters. The van der Waals surface area contributed by atoms with Crippen LogP contribution in [-0.2, 0) is 11.2 Å². The first kappa shape index (κ1) is 9.96. The molecule has 0 radical (unpaired) electrons. The van der Waals surface area contributed by atoms with E-state index in [1.54, 1.807) is 13.1 Å². The third kappa shape index (κ3) is 1.79. The molecular weight excluding hydrogens is 192 g/mol. The number of rotatable bonds is 2. The van der Waals surface area contributed by atoms with Crippen LogP contribution in [0.4, 0.5) is 5.82 Å². The predicted molar refractivity (Wildman–Crippen MR) is 57.0 cm³/mol. The maximum Gasteiger partial charge on any atom is 0.326 e. The molecule has 4 nitrogen and oxygen atoms in total. The number of aryl methyl sites for hydroxylation is 1. The lowest BCUT2D eigenvalue weighted by Crippen LogP contribution is -2.42. The van der Waals surface area contributed by atoms with Gasteiger partial charge in [0.05, 0.1) is 0 Å². The summed E-state index contributed by atoms with van der Waals surface area (Å²) in [6.45, 7) is 2.48. The molecule has 0 spiro atoms. The van der Waals surface area contributed by atoms with E-state index in [4.69, 9.17) is 5.11 Å². The first-order valence-corrected chi connectivity index (χ1v) is 5.13. The lowest BCUT2D eigenvalue weighted by atomic mass is 10.0. The largest absolute Gasteiger partial charge is 0.480 e. The summed E-state index contributed by atoms with van der Waals surface area (Å²) in [7, 11) is 0. The van der Waals surface area contributed by atoms with Crippen LogP contribution in [0.25, 0.3) is 0 Å². The first-order chi connectivity index (χ1) is 7.20. The molecule has 80 valence electrons. The van der Waals surface area contributed by atoms with E-state index in [1.807, 2.05) is 17.0 Å². The summed E-state index contributed by atoms with van der Waals surface area (Å²) in [5.41, 5.74) is 1.15. The van der Waals surface area contributed by atoms with Gasteiger partial charge in [0.2, 0.25) is 0 Å². The number of anilines is 1. The second-order valence-electron chi connectivity index (χ2n) is 3.80. The van der Waals surface area contributed by atoms with E-state index in [0.29, 0.717) is 0 Å². The lowest BCUT2D eigenvalue weighted by molar-refractivity contribution is -0.138. The number of aromatic nitrogens is 1. The number of hydrogen-bond acceptors (Lipinski definition) is 3. The van der Waals surface area contributed by atoms with E-state index in [-0.39, 0.29) is 0 Å². The SMILES string of the molecule is CC(C(=O)O)N1CCCc2cccnc21. The molecule has 4 heteroatoms. The van der Waals surface area contributed by atoms with Crippen molar-refractivity contribution in [3.8, 4) is 0 Å². The molecule has 1 aromatic rings. The van der Waals surface area contributed by atoms with Crippen LogP contribution in [0.1, 0.15) is 18.9 Å². The van der Waals surface area contributed by atoms with Crippen LogP contribution in [0.3, 0.4) is 0 Å². The molecular formula is C11H14N2O2. The molecule has 0 amide bonds. The fourth-order valence-corrected chi connectivity index (χ4v) is 1.94. The second kappa shape index (κ2) is 3.88. The number of aliphatic carboxylic acids is 1. The molecule has 1 N–H and O–H groups in total. The Labute approximate surface area is 88.6 Å². The Morgan fingerprint density at radius 3 is 3.20 bits per heavy atom. The van der Waals surface area contributed by atoms with Crippen molar-refractivity contribution in [3.63, 3.8) is 0 Å². The molecule has 0 fully saturated rings. The lowest BCUT2D eigenvalue weighted by Gasteiger charge is -2.32. The fraction of sp³-hybridized carbons (Fsp3) is 0.455. The quantitative estimate of drug-likeness (QED) is 0.792. The highest BCUT2D eigenvalue weighted by Gasteiger charge is 2.26. The smallest absolute Gasteiger partial charge is 0.326 e. The minimum atomic E-state index is -0.798. The minimum absolute atomic E-state index is 0.501. The van der Waals surface area contributed by atoms with Gasteiger partial charge in [-0.25, -0.2) is 9.78 Å².